The van der Waals surface area contributed by atoms with Crippen LogP contribution in [0.4, 0.5) is 8.78 Å². The van der Waals surface area contributed by atoms with Crippen LogP contribution in [0, 0.1) is 11.8 Å². The molecule has 40 heavy (non-hydrogen) atoms. The fourth-order valence-corrected chi connectivity index (χ4v) is 7.11. The second-order valence-corrected chi connectivity index (χ2v) is 11.7. The molecule has 15 heteroatoms. The summed E-state index contributed by atoms with van der Waals surface area (Å²) in [6.07, 6.45) is -1.57. The van der Waals surface area contributed by atoms with Crippen LogP contribution in [0.5, 0.6) is 5.75 Å². The van der Waals surface area contributed by atoms with Gasteiger partial charge < -0.3 is 35.2 Å². The van der Waals surface area contributed by atoms with E-state index < -0.39 is 59.6 Å². The number of aliphatic carboxylic acids is 1. The van der Waals surface area contributed by atoms with E-state index in [0.717, 1.165) is 0 Å². The lowest BCUT2D eigenvalue weighted by molar-refractivity contribution is -0.159. The zero-order valence-corrected chi connectivity index (χ0v) is 23.1. The number of aromatic nitrogens is 1. The van der Waals surface area contributed by atoms with Crippen LogP contribution in [0.25, 0.3) is 0 Å². The summed E-state index contributed by atoms with van der Waals surface area (Å²) in [5, 5.41) is 24.6. The van der Waals surface area contributed by atoms with E-state index in [1.165, 1.54) is 40.7 Å². The van der Waals surface area contributed by atoms with Gasteiger partial charge in [0.05, 0.1) is 24.5 Å². The highest BCUT2D eigenvalue weighted by Gasteiger charge is 2.60. The molecule has 1 aromatic heterocycles. The predicted octanol–water partition coefficient (Wildman–Crippen LogP) is 0.0557. The van der Waals surface area contributed by atoms with E-state index in [1.807, 2.05) is 0 Å². The van der Waals surface area contributed by atoms with Crippen molar-refractivity contribution in [1.82, 2.24) is 25.0 Å². The molecule has 218 valence electrons. The first-order valence-electron chi connectivity index (χ1n) is 12.7. The Kier molecular flexibility index (Phi) is 8.26. The van der Waals surface area contributed by atoms with E-state index in [1.54, 1.807) is 25.6 Å². The number of hydrogen-bond acceptors (Lipinski definition) is 8. The Bertz CT molecular complexity index is 1330. The molecule has 2 fully saturated rings. The maximum atomic E-state index is 13.1. The Balaban J connectivity index is 1.42. The van der Waals surface area contributed by atoms with Gasteiger partial charge in [0.15, 0.2) is 5.75 Å². The topological polar surface area (TPSA) is 161 Å². The lowest BCUT2D eigenvalue weighted by Gasteiger charge is -2.47. The number of carbonyl (C=O) groups is 4. The van der Waals surface area contributed by atoms with Gasteiger partial charge in [-0.05, 0) is 13.3 Å². The molecule has 1 aromatic rings. The molecule has 3 amide bonds. The van der Waals surface area contributed by atoms with Crippen LogP contribution in [-0.4, -0.2) is 91.7 Å². The number of aryl methyl sites for hydroxylation is 1. The maximum Gasteiger partial charge on any atom is 0.353 e. The molecule has 4 N–H and O–H groups in total. The number of carboxylic acids is 1. The van der Waals surface area contributed by atoms with Gasteiger partial charge in [0.25, 0.3) is 5.91 Å². The van der Waals surface area contributed by atoms with E-state index in [4.69, 9.17) is 0 Å². The van der Waals surface area contributed by atoms with Crippen LogP contribution in [-0.2, 0) is 32.8 Å². The molecule has 2 saturated heterocycles. The summed E-state index contributed by atoms with van der Waals surface area (Å²) >= 11 is 1.28. The average Bonchev–Trinajstić information content (AvgIpc) is 3.43. The van der Waals surface area contributed by atoms with Crippen LogP contribution in [0.2, 0.25) is 0 Å². The number of likely N-dealkylation sites (N-methyl/N-ethyl adjacent to an activating group) is 1. The minimum atomic E-state index is -3.23. The number of thioether (sulfide) groups is 1. The Labute approximate surface area is 232 Å². The molecule has 0 radical (unpaired) electrons. The van der Waals surface area contributed by atoms with Gasteiger partial charge in [0.2, 0.25) is 17.2 Å². The van der Waals surface area contributed by atoms with Gasteiger partial charge in [-0.25, -0.2) is 4.79 Å². The zero-order valence-electron chi connectivity index (χ0n) is 22.3. The molecule has 0 saturated carbocycles. The van der Waals surface area contributed by atoms with E-state index in [9.17, 15) is 43.0 Å². The van der Waals surface area contributed by atoms with E-state index in [-0.39, 0.29) is 29.1 Å². The molecule has 0 bridgehead atoms. The zero-order chi connectivity index (χ0) is 29.6. The summed E-state index contributed by atoms with van der Waals surface area (Å²) in [4.78, 5) is 64.5. The third-order valence-electron chi connectivity index (χ3n) is 7.67. The maximum absolute atomic E-state index is 13.1. The van der Waals surface area contributed by atoms with E-state index in [0.29, 0.717) is 23.6 Å². The number of pyridine rings is 1. The Morgan fingerprint density at radius 1 is 1.30 bits per heavy atom. The number of aromatic hydroxyl groups is 1. The first kappa shape index (κ1) is 29.5. The SMILES string of the molecule is C[C@@H](NC(=O)C(F)F)[C@H]1C(=O)N2C(C(=O)O)=C(S[C@@H]3CN[C@H](C(=O)N(C)Cc4cc(=O)c(O)cn4C)C3)[C@H](C)[C@@H]12. The van der Waals surface area contributed by atoms with Crippen LogP contribution in [0.3, 0.4) is 0 Å². The van der Waals surface area contributed by atoms with Gasteiger partial charge >= 0.3 is 12.4 Å². The second-order valence-electron chi connectivity index (χ2n) is 10.4. The minimum Gasteiger partial charge on any atom is -0.503 e. The van der Waals surface area contributed by atoms with Crippen molar-refractivity contribution in [3.8, 4) is 5.75 Å². The van der Waals surface area contributed by atoms with Crippen LogP contribution < -0.4 is 16.1 Å². The van der Waals surface area contributed by atoms with Crippen molar-refractivity contribution in [3.05, 3.63) is 38.8 Å². The highest BCUT2D eigenvalue weighted by atomic mass is 32.2. The number of carbonyl (C=O) groups excluding carboxylic acids is 3. The summed E-state index contributed by atoms with van der Waals surface area (Å²) in [5.74, 6) is -5.20. The molecule has 0 aromatic carbocycles. The van der Waals surface area contributed by atoms with Gasteiger partial charge in [-0.15, -0.1) is 11.8 Å². The predicted molar refractivity (Wildman–Crippen MR) is 139 cm³/mol. The summed E-state index contributed by atoms with van der Waals surface area (Å²) in [7, 11) is 3.24. The Morgan fingerprint density at radius 3 is 2.60 bits per heavy atom. The molecule has 3 aliphatic heterocycles. The van der Waals surface area contributed by atoms with Crippen molar-refractivity contribution in [2.45, 2.75) is 56.6 Å². The third kappa shape index (κ3) is 5.31. The number of amides is 3. The highest BCUT2D eigenvalue weighted by molar-refractivity contribution is 8.03. The molecule has 12 nitrogen and oxygen atoms in total. The number of fused-ring (bicyclic) bond motifs is 1. The molecular weight excluding hydrogens is 552 g/mol. The van der Waals surface area contributed by atoms with Crippen molar-refractivity contribution in [3.63, 3.8) is 0 Å². The first-order valence-corrected chi connectivity index (χ1v) is 13.5. The van der Waals surface area contributed by atoms with Crippen molar-refractivity contribution in [1.29, 1.82) is 0 Å². The number of nitrogens with one attached hydrogen (secondary N) is 2. The minimum absolute atomic E-state index is 0.132. The molecule has 6 atom stereocenters. The molecule has 4 heterocycles. The number of carboxylic acid groups (broad SMARTS) is 1. The van der Waals surface area contributed by atoms with E-state index in [2.05, 4.69) is 10.6 Å². The number of β-lactam (4-membered cyclic amide) rings is 1. The molecule has 0 unspecified atom stereocenters. The van der Waals surface area contributed by atoms with Crippen LogP contribution in [0.15, 0.2) is 27.7 Å². The number of alkyl halides is 2. The van der Waals surface area contributed by atoms with Crippen molar-refractivity contribution >= 4 is 35.5 Å². The summed E-state index contributed by atoms with van der Waals surface area (Å²) < 4.78 is 27.0. The van der Waals surface area contributed by atoms with Crippen molar-refractivity contribution in [2.75, 3.05) is 13.6 Å². The molecule has 4 rings (SSSR count). The number of hydrogen-bond donors (Lipinski definition) is 4. The van der Waals surface area contributed by atoms with Crippen molar-refractivity contribution < 1.29 is 38.2 Å². The third-order valence-corrected chi connectivity index (χ3v) is 9.19. The van der Waals surface area contributed by atoms with Crippen molar-refractivity contribution in [2.24, 2.45) is 18.9 Å². The van der Waals surface area contributed by atoms with E-state index >= 15 is 0 Å². The number of halogens is 2. The number of nitrogens with zero attached hydrogens (tertiary/aromatic N) is 3. The van der Waals surface area contributed by atoms with Gasteiger partial charge in [0.1, 0.15) is 5.70 Å². The quantitative estimate of drug-likeness (QED) is 0.295. The molecule has 3 aliphatic rings. The number of rotatable bonds is 9. The van der Waals surface area contributed by atoms with Gasteiger partial charge in [-0.3, -0.25) is 19.2 Å². The summed E-state index contributed by atoms with van der Waals surface area (Å²) in [5.41, 5.74) is -0.175. The Hall–Kier alpha value is -3.46. The molecular formula is C25H31F2N5O7S. The normalized spacial score (nSPS) is 26.5. The summed E-state index contributed by atoms with van der Waals surface area (Å²) in [6, 6.07) is -0.794. The molecule has 0 aliphatic carbocycles. The fraction of sp³-hybridized carbons (Fsp3) is 0.560. The van der Waals surface area contributed by atoms with Crippen LogP contribution in [0.1, 0.15) is 26.0 Å². The highest BCUT2D eigenvalue weighted by Crippen LogP contribution is 2.51. The monoisotopic (exact) mass is 583 g/mol. The Morgan fingerprint density at radius 2 is 1.98 bits per heavy atom. The second kappa shape index (κ2) is 11.2. The van der Waals surface area contributed by atoms with Gasteiger partial charge in [-0.1, -0.05) is 6.92 Å². The first-order chi connectivity index (χ1) is 18.7. The average molecular weight is 584 g/mol. The lowest BCUT2D eigenvalue weighted by Crippen LogP contribution is -2.66. The smallest absolute Gasteiger partial charge is 0.353 e. The summed E-state index contributed by atoms with van der Waals surface area (Å²) in [6.45, 7) is 3.74. The standard InChI is InChI=1S/C25H31F2N5O7S/c1-10-18-17(11(2)29-22(35)21(26)27)24(37)32(18)19(25(38)39)20(10)40-13-6-14(28-7-13)23(36)31(4)8-12-5-15(33)16(34)9-30(12)3/h5,9-11,13-14,17-18,21,28,34H,6-8H2,1-4H3,(H,29,35)(H,38,39)/t10-,11-,13+,14+,17-,18+/m1/s1. The molecule has 0 spiro atoms. The van der Waals surface area contributed by atoms with Crippen LogP contribution >= 0.6 is 11.8 Å². The largest absolute Gasteiger partial charge is 0.503 e. The lowest BCUT2D eigenvalue weighted by atomic mass is 9.78. The fourth-order valence-electron chi connectivity index (χ4n) is 5.64. The van der Waals surface area contributed by atoms with Gasteiger partial charge in [-0.2, -0.15) is 8.78 Å². The van der Waals surface area contributed by atoms with Gasteiger partial charge in [0, 0.05) is 60.7 Å².